The van der Waals surface area contributed by atoms with Crippen molar-refractivity contribution in [1.82, 2.24) is 4.90 Å². The fourth-order valence-electron chi connectivity index (χ4n) is 3.46. The highest BCUT2D eigenvalue weighted by Crippen LogP contribution is 2.18. The molecular weight excluding hydrogens is 308 g/mol. The van der Waals surface area contributed by atoms with Crippen LogP contribution in [0.15, 0.2) is 42.5 Å². The van der Waals surface area contributed by atoms with Gasteiger partial charge in [-0.05, 0) is 69.1 Å². The number of carbonyl (C=O) groups is 1. The van der Waals surface area contributed by atoms with E-state index in [9.17, 15) is 4.79 Å². The maximum atomic E-state index is 12.5. The molecule has 0 unspecified atom stereocenters. The Bertz CT molecular complexity index is 713. The number of likely N-dealkylation sites (tertiary alicyclic amines) is 1. The molecule has 0 aromatic heterocycles. The van der Waals surface area contributed by atoms with Gasteiger partial charge in [0.25, 0.3) is 5.91 Å². The fraction of sp³-hybridized carbons (Fsp3) is 0.409. The molecule has 0 atom stereocenters. The minimum Gasteiger partial charge on any atom is -0.322 e. The minimum atomic E-state index is -0.0479. The number of aryl methyl sites for hydroxylation is 2. The normalized spacial score (nSPS) is 15.6. The third kappa shape index (κ3) is 4.93. The second kappa shape index (κ2) is 8.30. The van der Waals surface area contributed by atoms with Crippen molar-refractivity contribution in [3.63, 3.8) is 0 Å². The van der Waals surface area contributed by atoms with Crippen LogP contribution in [0.5, 0.6) is 0 Å². The third-order valence-corrected chi connectivity index (χ3v) is 4.95. The predicted molar refractivity (Wildman–Crippen MR) is 104 cm³/mol. The van der Waals surface area contributed by atoms with Crippen molar-refractivity contribution in [3.8, 4) is 0 Å². The zero-order valence-corrected chi connectivity index (χ0v) is 15.3. The van der Waals surface area contributed by atoms with Gasteiger partial charge in [-0.2, -0.15) is 0 Å². The van der Waals surface area contributed by atoms with Gasteiger partial charge in [0.05, 0.1) is 0 Å². The molecule has 0 spiro atoms. The Labute approximate surface area is 151 Å². The molecule has 2 aromatic rings. The minimum absolute atomic E-state index is 0.0479. The molecule has 2 aromatic carbocycles. The van der Waals surface area contributed by atoms with Crippen molar-refractivity contribution in [2.24, 2.45) is 0 Å². The summed E-state index contributed by atoms with van der Waals surface area (Å²) < 4.78 is 0. The third-order valence-electron chi connectivity index (χ3n) is 4.95. The molecule has 1 fully saturated rings. The predicted octanol–water partition coefficient (Wildman–Crippen LogP) is 4.93. The number of nitrogens with zero attached hydrogens (tertiary/aromatic N) is 1. The molecule has 1 heterocycles. The Balaban J connectivity index is 1.62. The van der Waals surface area contributed by atoms with Gasteiger partial charge < -0.3 is 5.32 Å². The lowest BCUT2D eigenvalue weighted by atomic mass is 10.1. The quantitative estimate of drug-likeness (QED) is 0.858. The van der Waals surface area contributed by atoms with Gasteiger partial charge in [-0.3, -0.25) is 9.69 Å². The summed E-state index contributed by atoms with van der Waals surface area (Å²) >= 11 is 0. The molecule has 3 rings (SSSR count). The molecule has 1 saturated heterocycles. The van der Waals surface area contributed by atoms with E-state index in [1.807, 2.05) is 31.2 Å². The molecule has 3 heteroatoms. The van der Waals surface area contributed by atoms with Crippen molar-refractivity contribution in [2.45, 2.75) is 46.1 Å². The Hall–Kier alpha value is -2.13. The van der Waals surface area contributed by atoms with Crippen LogP contribution in [0.3, 0.4) is 0 Å². The molecule has 0 bridgehead atoms. The van der Waals surface area contributed by atoms with Gasteiger partial charge in [-0.15, -0.1) is 0 Å². The van der Waals surface area contributed by atoms with Gasteiger partial charge in [0.15, 0.2) is 0 Å². The number of benzene rings is 2. The number of amides is 1. The monoisotopic (exact) mass is 336 g/mol. The lowest BCUT2D eigenvalue weighted by molar-refractivity contribution is 0.102. The van der Waals surface area contributed by atoms with E-state index in [2.05, 4.69) is 35.3 Å². The van der Waals surface area contributed by atoms with Crippen molar-refractivity contribution < 1.29 is 4.79 Å². The average Bonchev–Trinajstić information content (AvgIpc) is 2.87. The van der Waals surface area contributed by atoms with E-state index in [1.165, 1.54) is 49.9 Å². The molecule has 0 radical (unpaired) electrons. The molecule has 1 aliphatic rings. The second-order valence-electron chi connectivity index (χ2n) is 7.16. The lowest BCUT2D eigenvalue weighted by Gasteiger charge is -2.19. The molecule has 3 nitrogen and oxygen atoms in total. The Morgan fingerprint density at radius 2 is 1.64 bits per heavy atom. The van der Waals surface area contributed by atoms with Gasteiger partial charge in [-0.1, -0.05) is 42.7 Å². The second-order valence-corrected chi connectivity index (χ2v) is 7.16. The first kappa shape index (κ1) is 17.7. The number of rotatable bonds is 4. The molecule has 132 valence electrons. The number of anilines is 1. The van der Waals surface area contributed by atoms with Crippen molar-refractivity contribution in [3.05, 3.63) is 64.7 Å². The van der Waals surface area contributed by atoms with Crippen molar-refractivity contribution in [1.29, 1.82) is 0 Å². The Kier molecular flexibility index (Phi) is 5.87. The molecule has 1 N–H and O–H groups in total. The first-order valence-electron chi connectivity index (χ1n) is 9.32. The van der Waals surface area contributed by atoms with E-state index in [0.29, 0.717) is 5.56 Å². The number of carbonyl (C=O) groups excluding carboxylic acids is 1. The molecule has 0 aliphatic carbocycles. The van der Waals surface area contributed by atoms with Crippen LogP contribution in [-0.2, 0) is 6.54 Å². The summed E-state index contributed by atoms with van der Waals surface area (Å²) in [6.07, 6.45) is 5.31. The molecule has 0 saturated carbocycles. The molecule has 1 amide bonds. The van der Waals surface area contributed by atoms with E-state index in [0.717, 1.165) is 17.8 Å². The highest BCUT2D eigenvalue weighted by Gasteiger charge is 2.11. The summed E-state index contributed by atoms with van der Waals surface area (Å²) in [5.41, 5.74) is 5.16. The largest absolute Gasteiger partial charge is 0.322 e. The Morgan fingerprint density at radius 3 is 2.28 bits per heavy atom. The van der Waals surface area contributed by atoms with Crippen LogP contribution in [0.25, 0.3) is 0 Å². The number of hydrogen-bond donors (Lipinski definition) is 1. The van der Waals surface area contributed by atoms with Gasteiger partial charge >= 0.3 is 0 Å². The summed E-state index contributed by atoms with van der Waals surface area (Å²) in [5, 5.41) is 3.01. The summed E-state index contributed by atoms with van der Waals surface area (Å²) in [7, 11) is 0. The van der Waals surface area contributed by atoms with Crippen LogP contribution in [0.2, 0.25) is 0 Å². The standard InChI is InChI=1S/C22H28N2O/c1-17-7-12-21(18(2)15-17)23-22(25)20-10-8-19(9-11-20)16-24-13-5-3-4-6-14-24/h7-12,15H,3-6,13-14,16H2,1-2H3,(H,23,25). The van der Waals surface area contributed by atoms with Crippen molar-refractivity contribution >= 4 is 11.6 Å². The molecule has 25 heavy (non-hydrogen) atoms. The highest BCUT2D eigenvalue weighted by molar-refractivity contribution is 6.04. The van der Waals surface area contributed by atoms with Crippen LogP contribution in [-0.4, -0.2) is 23.9 Å². The zero-order valence-electron chi connectivity index (χ0n) is 15.3. The maximum absolute atomic E-state index is 12.5. The van der Waals surface area contributed by atoms with Crippen LogP contribution in [0, 0.1) is 13.8 Å². The Morgan fingerprint density at radius 1 is 0.960 bits per heavy atom. The maximum Gasteiger partial charge on any atom is 0.255 e. The highest BCUT2D eigenvalue weighted by atomic mass is 16.1. The van der Waals surface area contributed by atoms with Crippen molar-refractivity contribution in [2.75, 3.05) is 18.4 Å². The molecule has 1 aliphatic heterocycles. The molecular formula is C22H28N2O. The average molecular weight is 336 g/mol. The van der Waals surface area contributed by atoms with Crippen LogP contribution >= 0.6 is 0 Å². The summed E-state index contributed by atoms with van der Waals surface area (Å²) in [6, 6.07) is 14.1. The SMILES string of the molecule is Cc1ccc(NC(=O)c2ccc(CN3CCCCCC3)cc2)c(C)c1. The van der Waals surface area contributed by atoms with Crippen LogP contribution < -0.4 is 5.32 Å². The number of hydrogen-bond acceptors (Lipinski definition) is 2. The first-order valence-corrected chi connectivity index (χ1v) is 9.32. The van der Waals surface area contributed by atoms with Gasteiger partial charge in [-0.25, -0.2) is 0 Å². The van der Waals surface area contributed by atoms with E-state index in [1.54, 1.807) is 0 Å². The summed E-state index contributed by atoms with van der Waals surface area (Å²) in [6.45, 7) is 7.44. The van der Waals surface area contributed by atoms with E-state index in [4.69, 9.17) is 0 Å². The van der Waals surface area contributed by atoms with Gasteiger partial charge in [0.2, 0.25) is 0 Å². The topological polar surface area (TPSA) is 32.3 Å². The van der Waals surface area contributed by atoms with Gasteiger partial charge in [0, 0.05) is 17.8 Å². The fourth-order valence-corrected chi connectivity index (χ4v) is 3.46. The van der Waals surface area contributed by atoms with E-state index < -0.39 is 0 Å². The summed E-state index contributed by atoms with van der Waals surface area (Å²) in [5.74, 6) is -0.0479. The first-order chi connectivity index (χ1) is 12.1. The summed E-state index contributed by atoms with van der Waals surface area (Å²) in [4.78, 5) is 15.0. The van der Waals surface area contributed by atoms with Crippen LogP contribution in [0.1, 0.15) is 52.7 Å². The zero-order chi connectivity index (χ0) is 17.6. The van der Waals surface area contributed by atoms with Crippen LogP contribution in [0.4, 0.5) is 5.69 Å². The number of nitrogens with one attached hydrogen (secondary N) is 1. The van der Waals surface area contributed by atoms with E-state index >= 15 is 0 Å². The smallest absolute Gasteiger partial charge is 0.255 e. The van der Waals surface area contributed by atoms with Gasteiger partial charge in [0.1, 0.15) is 0 Å². The lowest BCUT2D eigenvalue weighted by Crippen LogP contribution is -2.24. The van der Waals surface area contributed by atoms with E-state index in [-0.39, 0.29) is 5.91 Å².